The molecule has 0 aliphatic rings. The molecule has 1 atom stereocenters. The Hall–Kier alpha value is -2.38. The molecule has 0 bridgehead atoms. The van der Waals surface area contributed by atoms with Gasteiger partial charge in [-0.1, -0.05) is 6.92 Å². The van der Waals surface area contributed by atoms with E-state index in [4.69, 9.17) is 5.11 Å². The number of carbonyl (C=O) groups is 2. The quantitative estimate of drug-likeness (QED) is 0.704. The Bertz CT molecular complexity index is 628. The minimum absolute atomic E-state index is 0.188. The number of carbonyl (C=O) groups excluding carboxylic acids is 1. The van der Waals surface area contributed by atoms with Crippen LogP contribution in [0.15, 0.2) is 15.8 Å². The summed E-state index contributed by atoms with van der Waals surface area (Å²) in [7, 11) is 2.64. The Kier molecular flexibility index (Phi) is 4.26. The van der Waals surface area contributed by atoms with Gasteiger partial charge >= 0.3 is 11.7 Å². The maximum absolute atomic E-state index is 11.9. The first-order valence-electron chi connectivity index (χ1n) is 5.59. The lowest BCUT2D eigenvalue weighted by Gasteiger charge is -2.12. The normalized spacial score (nSPS) is 11.9. The standard InChI is InChI=1S/C11H15N3O5/c1-4-7(10(17)18)12-8(15)6-5-13(2)11(19)14(3)9(6)16/h5,7H,4H2,1-3H3,(H,12,15)(H,17,18). The molecular formula is C11H15N3O5. The van der Waals surface area contributed by atoms with E-state index < -0.39 is 29.2 Å². The summed E-state index contributed by atoms with van der Waals surface area (Å²) in [4.78, 5) is 45.9. The predicted molar refractivity (Wildman–Crippen MR) is 66.1 cm³/mol. The van der Waals surface area contributed by atoms with Crippen molar-refractivity contribution in [2.24, 2.45) is 14.1 Å². The molecule has 0 saturated heterocycles. The maximum atomic E-state index is 11.9. The van der Waals surface area contributed by atoms with Gasteiger partial charge in [-0.05, 0) is 6.42 Å². The fourth-order valence-electron chi connectivity index (χ4n) is 1.54. The number of aryl methyl sites for hydroxylation is 1. The highest BCUT2D eigenvalue weighted by Gasteiger charge is 2.21. The summed E-state index contributed by atoms with van der Waals surface area (Å²) in [5.74, 6) is -2.00. The number of carboxylic acid groups (broad SMARTS) is 1. The monoisotopic (exact) mass is 269 g/mol. The molecule has 0 aromatic carbocycles. The van der Waals surface area contributed by atoms with Crippen LogP contribution < -0.4 is 16.6 Å². The van der Waals surface area contributed by atoms with Gasteiger partial charge in [-0.15, -0.1) is 0 Å². The number of hydrogen-bond donors (Lipinski definition) is 2. The highest BCUT2D eigenvalue weighted by Crippen LogP contribution is 1.95. The zero-order valence-electron chi connectivity index (χ0n) is 10.8. The van der Waals surface area contributed by atoms with Crippen molar-refractivity contribution in [3.8, 4) is 0 Å². The van der Waals surface area contributed by atoms with Crippen LogP contribution in [0.3, 0.4) is 0 Å². The number of rotatable bonds is 4. The Morgan fingerprint density at radius 3 is 2.42 bits per heavy atom. The largest absolute Gasteiger partial charge is 0.480 e. The highest BCUT2D eigenvalue weighted by molar-refractivity contribution is 5.96. The first-order chi connectivity index (χ1) is 8.79. The summed E-state index contributed by atoms with van der Waals surface area (Å²) in [6.45, 7) is 1.60. The lowest BCUT2D eigenvalue weighted by Crippen LogP contribution is -2.45. The van der Waals surface area contributed by atoms with Crippen LogP contribution in [-0.2, 0) is 18.9 Å². The van der Waals surface area contributed by atoms with Crippen molar-refractivity contribution in [3.05, 3.63) is 32.6 Å². The minimum atomic E-state index is -1.18. The van der Waals surface area contributed by atoms with Crippen molar-refractivity contribution >= 4 is 11.9 Å². The van der Waals surface area contributed by atoms with Gasteiger partial charge in [-0.25, -0.2) is 9.59 Å². The summed E-state index contributed by atoms with van der Waals surface area (Å²) in [5.41, 5.74) is -1.60. The van der Waals surface area contributed by atoms with Gasteiger partial charge in [0.25, 0.3) is 11.5 Å². The summed E-state index contributed by atoms with van der Waals surface area (Å²) in [6.07, 6.45) is 1.28. The lowest BCUT2D eigenvalue weighted by molar-refractivity contribution is -0.139. The molecule has 0 aliphatic heterocycles. The molecule has 8 heteroatoms. The Balaban J connectivity index is 3.18. The molecule has 1 unspecified atom stereocenters. The first kappa shape index (κ1) is 14.7. The summed E-state index contributed by atoms with van der Waals surface area (Å²) in [5, 5.41) is 11.1. The molecule has 0 spiro atoms. The molecule has 104 valence electrons. The Labute approximate surface area is 108 Å². The van der Waals surface area contributed by atoms with Gasteiger partial charge in [0.05, 0.1) is 0 Å². The number of carboxylic acids is 1. The first-order valence-corrected chi connectivity index (χ1v) is 5.59. The SMILES string of the molecule is CCC(NC(=O)c1cn(C)c(=O)n(C)c1=O)C(=O)O. The minimum Gasteiger partial charge on any atom is -0.480 e. The summed E-state index contributed by atoms with van der Waals surface area (Å²) in [6, 6.07) is -1.07. The topological polar surface area (TPSA) is 110 Å². The number of hydrogen-bond acceptors (Lipinski definition) is 4. The van der Waals surface area contributed by atoms with Crippen LogP contribution in [0.25, 0.3) is 0 Å². The van der Waals surface area contributed by atoms with Gasteiger partial charge in [0, 0.05) is 20.3 Å². The molecule has 0 saturated carbocycles. The molecule has 1 rings (SSSR count). The van der Waals surface area contributed by atoms with E-state index in [1.165, 1.54) is 14.1 Å². The smallest absolute Gasteiger partial charge is 0.330 e. The number of nitrogens with zero attached hydrogens (tertiary/aromatic N) is 2. The second-order valence-corrected chi connectivity index (χ2v) is 4.07. The zero-order chi connectivity index (χ0) is 14.7. The number of nitrogens with one attached hydrogen (secondary N) is 1. The van der Waals surface area contributed by atoms with Crippen molar-refractivity contribution < 1.29 is 14.7 Å². The van der Waals surface area contributed by atoms with E-state index in [0.29, 0.717) is 0 Å². The zero-order valence-corrected chi connectivity index (χ0v) is 10.8. The maximum Gasteiger partial charge on any atom is 0.330 e. The van der Waals surface area contributed by atoms with Crippen molar-refractivity contribution in [1.29, 1.82) is 0 Å². The molecule has 1 amide bonds. The van der Waals surface area contributed by atoms with Gasteiger partial charge in [0.15, 0.2) is 0 Å². The van der Waals surface area contributed by atoms with Crippen LogP contribution in [0.4, 0.5) is 0 Å². The second kappa shape index (κ2) is 5.51. The summed E-state index contributed by atoms with van der Waals surface area (Å²) >= 11 is 0. The third-order valence-electron chi connectivity index (χ3n) is 2.70. The van der Waals surface area contributed by atoms with Crippen molar-refractivity contribution in [2.45, 2.75) is 19.4 Å². The van der Waals surface area contributed by atoms with Crippen LogP contribution in [0, 0.1) is 0 Å². The highest BCUT2D eigenvalue weighted by atomic mass is 16.4. The van der Waals surface area contributed by atoms with Gasteiger partial charge in [-0.3, -0.25) is 14.2 Å². The van der Waals surface area contributed by atoms with Crippen LogP contribution in [0.1, 0.15) is 23.7 Å². The predicted octanol–water partition coefficient (Wildman–Crippen LogP) is -1.32. The van der Waals surface area contributed by atoms with Crippen LogP contribution >= 0.6 is 0 Å². The molecule has 0 aliphatic carbocycles. The van der Waals surface area contributed by atoms with Gasteiger partial charge in [-0.2, -0.15) is 0 Å². The second-order valence-electron chi connectivity index (χ2n) is 4.07. The molecule has 1 aromatic heterocycles. The number of amides is 1. The van der Waals surface area contributed by atoms with Crippen molar-refractivity contribution in [1.82, 2.24) is 14.5 Å². The average molecular weight is 269 g/mol. The van der Waals surface area contributed by atoms with E-state index in [2.05, 4.69) is 5.32 Å². The van der Waals surface area contributed by atoms with Crippen LogP contribution in [0.2, 0.25) is 0 Å². The third-order valence-corrected chi connectivity index (χ3v) is 2.70. The average Bonchev–Trinajstić information content (AvgIpc) is 2.36. The van der Waals surface area contributed by atoms with Crippen molar-refractivity contribution in [2.75, 3.05) is 0 Å². The molecule has 19 heavy (non-hydrogen) atoms. The van der Waals surface area contributed by atoms with Gasteiger partial charge < -0.3 is 15.0 Å². The molecule has 1 heterocycles. The fourth-order valence-corrected chi connectivity index (χ4v) is 1.54. The summed E-state index contributed by atoms with van der Waals surface area (Å²) < 4.78 is 1.87. The van der Waals surface area contributed by atoms with Gasteiger partial charge in [0.1, 0.15) is 11.6 Å². The molecule has 1 aromatic rings. The van der Waals surface area contributed by atoms with E-state index >= 15 is 0 Å². The number of aromatic nitrogens is 2. The third kappa shape index (κ3) is 2.90. The lowest BCUT2D eigenvalue weighted by atomic mass is 10.2. The molecule has 0 fully saturated rings. The van der Waals surface area contributed by atoms with Crippen molar-refractivity contribution in [3.63, 3.8) is 0 Å². The van der Waals surface area contributed by atoms with E-state index in [1.807, 2.05) is 0 Å². The van der Waals surface area contributed by atoms with Crippen LogP contribution in [0.5, 0.6) is 0 Å². The van der Waals surface area contributed by atoms with E-state index in [0.717, 1.165) is 15.3 Å². The van der Waals surface area contributed by atoms with E-state index in [9.17, 15) is 19.2 Å². The molecule has 2 N–H and O–H groups in total. The van der Waals surface area contributed by atoms with E-state index in [1.54, 1.807) is 6.92 Å². The fraction of sp³-hybridized carbons (Fsp3) is 0.455. The van der Waals surface area contributed by atoms with Gasteiger partial charge in [0.2, 0.25) is 0 Å². The van der Waals surface area contributed by atoms with E-state index in [-0.39, 0.29) is 12.0 Å². The Morgan fingerprint density at radius 1 is 1.37 bits per heavy atom. The van der Waals surface area contributed by atoms with Crippen LogP contribution in [-0.4, -0.2) is 32.2 Å². The molecule has 8 nitrogen and oxygen atoms in total. The molecule has 0 radical (unpaired) electrons. The Morgan fingerprint density at radius 2 is 1.95 bits per heavy atom. The number of aliphatic carboxylic acids is 1. The molecular weight excluding hydrogens is 254 g/mol.